The van der Waals surface area contributed by atoms with E-state index in [-0.39, 0.29) is 0 Å². The summed E-state index contributed by atoms with van der Waals surface area (Å²) in [5, 5.41) is 0. The van der Waals surface area contributed by atoms with Crippen LogP contribution in [0, 0.1) is 0 Å². The van der Waals surface area contributed by atoms with Crippen LogP contribution in [-0.2, 0) is 18.4 Å². The van der Waals surface area contributed by atoms with Gasteiger partial charge >= 0.3 is 0 Å². The molecule has 25 nitrogen and oxygen atoms in total. The lowest BCUT2D eigenvalue weighted by molar-refractivity contribution is -0.120. The monoisotopic (exact) mass is 1630 g/mol. The minimum atomic E-state index is 0.357. The number of rotatable bonds is 16. The molecule has 17 aromatic rings. The van der Waals surface area contributed by atoms with Gasteiger partial charge in [-0.2, -0.15) is 0 Å². The first kappa shape index (κ1) is 77.1. The van der Waals surface area contributed by atoms with Gasteiger partial charge in [0.25, 0.3) is 0 Å². The van der Waals surface area contributed by atoms with Gasteiger partial charge in [-0.25, -0.2) is 44.9 Å². The molecule has 618 valence electrons. The minimum absolute atomic E-state index is 0.357. The van der Waals surface area contributed by atoms with Crippen LogP contribution in [0.1, 0.15) is 79.3 Å². The Labute approximate surface area is 713 Å². The normalized spacial score (nSPS) is 19.9. The number of aryl methyl sites for hydroxylation is 1. The van der Waals surface area contributed by atoms with Gasteiger partial charge in [0.15, 0.2) is 0 Å². The smallest absolute Gasteiger partial charge is 0.209 e. The maximum Gasteiger partial charge on any atom is 0.209 e. The molecule has 3 saturated heterocycles. The fourth-order valence-corrected chi connectivity index (χ4v) is 19.7. The number of amides is 1. The second kappa shape index (κ2) is 32.6. The van der Waals surface area contributed by atoms with Gasteiger partial charge in [0, 0.05) is 204 Å². The van der Waals surface area contributed by atoms with Crippen LogP contribution in [0.3, 0.4) is 0 Å². The number of anilines is 3. The maximum atomic E-state index is 11.1. The number of aromatic nitrogens is 15. The van der Waals surface area contributed by atoms with Crippen molar-refractivity contribution >= 4 is 73.5 Å². The van der Waals surface area contributed by atoms with Crippen molar-refractivity contribution in [2.45, 2.75) is 80.9 Å². The van der Waals surface area contributed by atoms with Crippen LogP contribution in [0.5, 0.6) is 0 Å². The SMILES string of the molecule is CN1CCN(C2CC(c3nc(-c4ccc5c(c4)nc(-c4ccccc4)n5-c4ccccc4)c4c(N)nccn34)C2)CC1.CN1CCN(C2CC(c3nc(-c4ccc5c(c4)nc(-c4ccccc4)n5Cc4ccccc4)c4c(N)nccn34)C2)CC1.Cn1c(-c2ccccc2)nc2cc(-c3nc(C4CC(N5CCN(C=O)CC5)C4)n4ccnc(N)c34)ccc21. The zero-order valence-corrected chi connectivity index (χ0v) is 69.6. The second-order valence-corrected chi connectivity index (χ2v) is 34.2. The van der Waals surface area contributed by atoms with E-state index in [0.717, 1.165) is 271 Å². The predicted molar refractivity (Wildman–Crippen MR) is 487 cm³/mol. The number of carbonyl (C=O) groups excluding carboxylic acids is 1. The molecule has 123 heavy (non-hydrogen) atoms. The molecule has 6 aliphatic rings. The molecule has 3 saturated carbocycles. The Hall–Kier alpha value is -13.3. The highest BCUT2D eigenvalue weighted by atomic mass is 16.1. The first-order valence-electron chi connectivity index (χ1n) is 43.3. The van der Waals surface area contributed by atoms with Gasteiger partial charge in [-0.05, 0) is 107 Å². The van der Waals surface area contributed by atoms with Crippen molar-refractivity contribution in [3.05, 3.63) is 266 Å². The molecule has 3 aliphatic carbocycles. The highest BCUT2D eigenvalue weighted by Crippen LogP contribution is 2.47. The highest BCUT2D eigenvalue weighted by molar-refractivity contribution is 5.95. The summed E-state index contributed by atoms with van der Waals surface area (Å²) in [4.78, 5) is 69.9. The van der Waals surface area contributed by atoms with Crippen LogP contribution < -0.4 is 17.2 Å². The second-order valence-electron chi connectivity index (χ2n) is 34.2. The van der Waals surface area contributed by atoms with Crippen LogP contribution in [0.4, 0.5) is 17.5 Å². The van der Waals surface area contributed by atoms with E-state index in [1.54, 1.807) is 18.6 Å². The van der Waals surface area contributed by atoms with Crippen LogP contribution in [0.15, 0.2) is 243 Å². The maximum absolute atomic E-state index is 11.1. The summed E-state index contributed by atoms with van der Waals surface area (Å²) in [5.74, 6) is 8.67. The largest absolute Gasteiger partial charge is 0.382 e. The average Bonchev–Trinajstić information content (AvgIpc) is 1.60. The Balaban J connectivity index is 0.000000114. The number of nitrogens with two attached hydrogens (primary N) is 3. The standard InChI is InChI=1S/C35H36N8.C34H34N8.C29H30N8O/c1-40-16-18-41(19-17-40)28-20-27(21-28)35-39-31(32-33(36)37-14-15-42(32)35)26-12-13-30-29(22-26)38-34(25-10-6-3-7-11-25)43(30)23-24-8-4-2-5-9-24;1-39-16-18-40(19-17-39)27-20-25(21-27)33-38-30(31-32(35)36-14-15-41(31)33)24-12-13-29-28(22-24)37-34(23-8-4-2-5-9-23)42(29)26-10-6-3-7-11-26;1-34-24-8-7-20(17-23(24)32-28(34)19-5-3-2-4-6-19)25-26-27(30)31-9-10-37(26)29(33-25)21-15-22(16-21)36-13-11-35(18-38)12-14-36/h2-15,22,27-28H,16-21,23H2,1H3,(H2,36,37);2-15,22,25,27H,16-21H2,1H3,(H2,35,36);2-10,17-18,21-22H,11-16H2,1H3,(H2,30,31). The Bertz CT molecular complexity index is 6690. The molecule has 1 amide bonds. The van der Waals surface area contributed by atoms with Crippen LogP contribution >= 0.6 is 0 Å². The van der Waals surface area contributed by atoms with Crippen molar-refractivity contribution in [3.8, 4) is 73.6 Å². The predicted octanol–water partition coefficient (Wildman–Crippen LogP) is 14.6. The zero-order valence-electron chi connectivity index (χ0n) is 69.6. The van der Waals surface area contributed by atoms with Crippen molar-refractivity contribution in [1.29, 1.82) is 0 Å². The van der Waals surface area contributed by atoms with E-state index >= 15 is 0 Å². The highest BCUT2D eigenvalue weighted by Gasteiger charge is 2.42. The summed E-state index contributed by atoms with van der Waals surface area (Å²) >= 11 is 0. The fourth-order valence-electron chi connectivity index (χ4n) is 19.7. The summed E-state index contributed by atoms with van der Waals surface area (Å²) in [6.07, 6.45) is 18.9. The lowest BCUT2D eigenvalue weighted by Crippen LogP contribution is -2.53. The molecule has 25 heteroatoms. The van der Waals surface area contributed by atoms with Gasteiger partial charge in [0.05, 0.1) is 33.1 Å². The van der Waals surface area contributed by atoms with E-state index in [0.29, 0.717) is 53.3 Å². The lowest BCUT2D eigenvalue weighted by Gasteiger charge is -2.45. The third kappa shape index (κ3) is 14.5. The number of carbonyl (C=O) groups is 1. The van der Waals surface area contributed by atoms with Crippen LogP contribution in [0.2, 0.25) is 0 Å². The lowest BCUT2D eigenvalue weighted by atomic mass is 9.78. The number of hydrogen-bond acceptors (Lipinski definition) is 18. The molecule has 23 rings (SSSR count). The fraction of sp³-hybridized carbons (Fsp3) is 0.286. The molecule has 3 aliphatic heterocycles. The van der Waals surface area contributed by atoms with E-state index < -0.39 is 0 Å². The molecule has 0 bridgehead atoms. The van der Waals surface area contributed by atoms with E-state index in [2.05, 4.69) is 257 Å². The van der Waals surface area contributed by atoms with Crippen molar-refractivity contribution in [1.82, 2.24) is 101 Å². The number of piperazine rings is 3. The Morgan fingerprint density at radius 2 is 0.707 bits per heavy atom. The Morgan fingerprint density at radius 1 is 0.358 bits per heavy atom. The molecule has 0 atom stereocenters. The number of benzene rings is 8. The zero-order chi connectivity index (χ0) is 82.9. The van der Waals surface area contributed by atoms with Crippen molar-refractivity contribution in [2.75, 3.05) is 110 Å². The summed E-state index contributed by atoms with van der Waals surface area (Å²) in [6, 6.07) is 73.1. The van der Waals surface area contributed by atoms with E-state index in [9.17, 15) is 4.79 Å². The van der Waals surface area contributed by atoms with Gasteiger partial charge in [0.2, 0.25) is 6.41 Å². The van der Waals surface area contributed by atoms with Gasteiger partial charge in [0.1, 0.15) is 86.0 Å². The first-order chi connectivity index (χ1) is 60.4. The van der Waals surface area contributed by atoms with E-state index in [1.807, 2.05) is 59.9 Å². The molecule has 8 aromatic carbocycles. The Kier molecular flexibility index (Phi) is 20.4. The molecule has 0 spiro atoms. The summed E-state index contributed by atoms with van der Waals surface area (Å²) in [6.45, 7) is 13.4. The molecular formula is C98H100N24O. The average molecular weight is 1630 g/mol. The summed E-state index contributed by atoms with van der Waals surface area (Å²) < 4.78 is 13.1. The number of likely N-dealkylation sites (N-methyl/N-ethyl adjacent to an activating group) is 2. The van der Waals surface area contributed by atoms with E-state index in [1.165, 1.54) is 5.56 Å². The van der Waals surface area contributed by atoms with Gasteiger partial charge in [-0.1, -0.05) is 158 Å². The van der Waals surface area contributed by atoms with Crippen molar-refractivity contribution < 1.29 is 4.79 Å². The van der Waals surface area contributed by atoms with Gasteiger partial charge < -0.3 is 41.0 Å². The van der Waals surface area contributed by atoms with Crippen molar-refractivity contribution in [2.24, 2.45) is 7.05 Å². The van der Waals surface area contributed by atoms with Crippen molar-refractivity contribution in [3.63, 3.8) is 0 Å². The number of hydrogen-bond donors (Lipinski definition) is 3. The number of nitrogens with zero attached hydrogens (tertiary/aromatic N) is 21. The van der Waals surface area contributed by atoms with Crippen LogP contribution in [-0.4, -0.2) is 218 Å². The van der Waals surface area contributed by atoms with Gasteiger partial charge in [-0.3, -0.25) is 37.3 Å². The molecule has 6 fully saturated rings. The Morgan fingerprint density at radius 3 is 1.14 bits per heavy atom. The quantitative estimate of drug-likeness (QED) is 0.0760. The number of imidazole rings is 6. The number of para-hydroxylation sites is 1. The molecular weight excluding hydrogens is 1530 g/mol. The molecule has 6 N–H and O–H groups in total. The van der Waals surface area contributed by atoms with Gasteiger partial charge in [-0.15, -0.1) is 0 Å². The third-order valence-electron chi connectivity index (χ3n) is 26.8. The molecule has 0 radical (unpaired) electrons. The molecule has 12 heterocycles. The van der Waals surface area contributed by atoms with E-state index in [4.69, 9.17) is 47.1 Å². The summed E-state index contributed by atoms with van der Waals surface area (Å²) in [7, 11) is 6.48. The minimum Gasteiger partial charge on any atom is -0.382 e. The van der Waals surface area contributed by atoms with Crippen LogP contribution in [0.25, 0.3) is 123 Å². The molecule has 0 unspecified atom stereocenters. The number of nitrogen functional groups attached to an aromatic ring is 3. The number of fused-ring (bicyclic) bond motifs is 6. The topological polar surface area (TPSA) is 259 Å². The third-order valence-corrected chi connectivity index (χ3v) is 26.8. The first-order valence-corrected chi connectivity index (χ1v) is 43.3. The molecule has 9 aromatic heterocycles. The summed E-state index contributed by atoms with van der Waals surface area (Å²) in [5.41, 5.74) is 39.2.